The van der Waals surface area contributed by atoms with E-state index in [-0.39, 0.29) is 0 Å². The van der Waals surface area contributed by atoms with Gasteiger partial charge in [0.1, 0.15) is 10.8 Å². The van der Waals surface area contributed by atoms with Gasteiger partial charge in [-0.3, -0.25) is 0 Å². The van der Waals surface area contributed by atoms with Crippen molar-refractivity contribution in [3.63, 3.8) is 0 Å². The Labute approximate surface area is 164 Å². The van der Waals surface area contributed by atoms with E-state index < -0.39 is 0 Å². The fraction of sp³-hybridized carbons (Fsp3) is 0.217. The number of aromatic nitrogens is 3. The Balaban J connectivity index is 1.61. The first kappa shape index (κ1) is 17.7. The summed E-state index contributed by atoms with van der Waals surface area (Å²) in [5, 5.41) is 3.08. The van der Waals surface area contributed by atoms with Crippen molar-refractivity contribution in [2.24, 2.45) is 0 Å². The van der Waals surface area contributed by atoms with Crippen LogP contribution in [0.3, 0.4) is 0 Å². The van der Waals surface area contributed by atoms with Gasteiger partial charge in [0.2, 0.25) is 0 Å². The Kier molecular flexibility index (Phi) is 4.90. The van der Waals surface area contributed by atoms with Gasteiger partial charge in [-0.05, 0) is 49.6 Å². The molecule has 0 aliphatic carbocycles. The van der Waals surface area contributed by atoms with Gasteiger partial charge in [-0.1, -0.05) is 37.3 Å². The summed E-state index contributed by atoms with van der Waals surface area (Å²) in [6.45, 7) is 6.45. The van der Waals surface area contributed by atoms with Gasteiger partial charge < -0.3 is 4.57 Å². The molecule has 3 aromatic heterocycles. The third-order valence-corrected chi connectivity index (χ3v) is 5.90. The van der Waals surface area contributed by atoms with Crippen LogP contribution < -0.4 is 0 Å². The van der Waals surface area contributed by atoms with E-state index in [0.29, 0.717) is 5.92 Å². The van der Waals surface area contributed by atoms with Crippen LogP contribution >= 0.6 is 11.3 Å². The van der Waals surface area contributed by atoms with Gasteiger partial charge in [-0.2, -0.15) is 0 Å². The Morgan fingerprint density at radius 2 is 1.59 bits per heavy atom. The Bertz CT molecular complexity index is 993. The highest BCUT2D eigenvalue weighted by molar-refractivity contribution is 7.13. The summed E-state index contributed by atoms with van der Waals surface area (Å²) in [7, 11) is 0. The van der Waals surface area contributed by atoms with Crippen molar-refractivity contribution >= 4 is 11.3 Å². The maximum absolute atomic E-state index is 4.75. The van der Waals surface area contributed by atoms with Crippen molar-refractivity contribution in [1.82, 2.24) is 14.5 Å². The third kappa shape index (κ3) is 3.45. The number of benzene rings is 1. The van der Waals surface area contributed by atoms with Crippen LogP contribution in [0.5, 0.6) is 0 Å². The molecule has 3 nitrogen and oxygen atoms in total. The Hall–Kier alpha value is -2.72. The highest BCUT2D eigenvalue weighted by Crippen LogP contribution is 2.30. The van der Waals surface area contributed by atoms with Crippen LogP contribution in [0.25, 0.3) is 16.4 Å². The summed E-state index contributed by atoms with van der Waals surface area (Å²) in [4.78, 5) is 9.14. The summed E-state index contributed by atoms with van der Waals surface area (Å²) < 4.78 is 2.19. The predicted octanol–water partition coefficient (Wildman–Crippen LogP) is 6.15. The normalized spacial score (nSPS) is 12.3. The van der Waals surface area contributed by atoms with Crippen molar-refractivity contribution < 1.29 is 0 Å². The maximum atomic E-state index is 4.75. The van der Waals surface area contributed by atoms with E-state index >= 15 is 0 Å². The molecule has 1 atom stereocenters. The molecule has 0 amide bonds. The lowest BCUT2D eigenvalue weighted by molar-refractivity contribution is 0.770. The summed E-state index contributed by atoms with van der Waals surface area (Å²) in [5.74, 6) is 1.33. The van der Waals surface area contributed by atoms with Crippen LogP contribution in [0.2, 0.25) is 0 Å². The molecule has 0 saturated carbocycles. The second-order valence-electron chi connectivity index (χ2n) is 6.82. The lowest BCUT2D eigenvalue weighted by Crippen LogP contribution is -2.04. The molecule has 4 rings (SSSR count). The van der Waals surface area contributed by atoms with E-state index in [1.807, 2.05) is 17.8 Å². The summed E-state index contributed by atoms with van der Waals surface area (Å²) >= 11 is 1.67. The number of thiazole rings is 1. The van der Waals surface area contributed by atoms with Gasteiger partial charge >= 0.3 is 0 Å². The number of pyridine rings is 1. The quantitative estimate of drug-likeness (QED) is 0.420. The molecule has 0 N–H and O–H groups in total. The zero-order valence-electron chi connectivity index (χ0n) is 15.9. The zero-order valence-corrected chi connectivity index (χ0v) is 16.7. The average Bonchev–Trinajstić information content (AvgIpc) is 3.34. The Morgan fingerprint density at radius 1 is 0.889 bits per heavy atom. The predicted molar refractivity (Wildman–Crippen MR) is 113 cm³/mol. The minimum Gasteiger partial charge on any atom is -0.303 e. The zero-order chi connectivity index (χ0) is 18.8. The van der Waals surface area contributed by atoms with Crippen LogP contribution in [0.15, 0.2) is 66.3 Å². The highest BCUT2D eigenvalue weighted by atomic mass is 32.1. The fourth-order valence-electron chi connectivity index (χ4n) is 3.65. The lowest BCUT2D eigenvalue weighted by atomic mass is 9.90. The molecule has 0 aliphatic heterocycles. The molecular weight excluding hydrogens is 350 g/mol. The first-order chi connectivity index (χ1) is 13.2. The van der Waals surface area contributed by atoms with Gasteiger partial charge in [0.05, 0.1) is 0 Å². The lowest BCUT2D eigenvalue weighted by Gasteiger charge is -2.17. The summed E-state index contributed by atoms with van der Waals surface area (Å²) in [5.41, 5.74) is 6.16. The molecule has 0 fully saturated rings. The Morgan fingerprint density at radius 3 is 2.15 bits per heavy atom. The minimum absolute atomic E-state index is 0.351. The van der Waals surface area contributed by atoms with Crippen molar-refractivity contribution in [2.45, 2.75) is 33.1 Å². The van der Waals surface area contributed by atoms with E-state index in [1.165, 1.54) is 28.1 Å². The fourth-order valence-corrected chi connectivity index (χ4v) is 4.30. The van der Waals surface area contributed by atoms with Crippen molar-refractivity contribution in [3.05, 3.63) is 88.8 Å². The van der Waals surface area contributed by atoms with Gasteiger partial charge in [0, 0.05) is 40.6 Å². The average molecular weight is 374 g/mol. The molecule has 1 aromatic carbocycles. The first-order valence-corrected chi connectivity index (χ1v) is 10.2. The van der Waals surface area contributed by atoms with Crippen molar-refractivity contribution in [3.8, 4) is 16.4 Å². The molecule has 0 saturated heterocycles. The topological polar surface area (TPSA) is 30.7 Å². The van der Waals surface area contributed by atoms with Crippen LogP contribution in [0.4, 0.5) is 0 Å². The van der Waals surface area contributed by atoms with Crippen LogP contribution in [-0.2, 0) is 0 Å². The molecule has 4 aromatic rings. The second-order valence-corrected chi connectivity index (χ2v) is 7.72. The van der Waals surface area contributed by atoms with E-state index in [0.717, 1.165) is 17.2 Å². The van der Waals surface area contributed by atoms with Crippen LogP contribution in [0, 0.1) is 13.8 Å². The SMILES string of the molecule is CCC(c1ccc(-c2nccs2)cc1)c1ccc(-n2c(C)ccc2C)nc1. The van der Waals surface area contributed by atoms with E-state index in [2.05, 4.69) is 78.9 Å². The summed E-state index contributed by atoms with van der Waals surface area (Å²) in [6.07, 6.45) is 4.92. The standard InChI is InChI=1S/C23H23N3S/c1-4-21(18-7-9-19(10-8-18)23-24-13-14-27-23)20-11-12-22(25-15-20)26-16(2)5-6-17(26)3/h5-15,21H,4H2,1-3H3. The number of hydrogen-bond acceptors (Lipinski definition) is 3. The first-order valence-electron chi connectivity index (χ1n) is 9.28. The number of rotatable bonds is 5. The van der Waals surface area contributed by atoms with Gasteiger partial charge in [0.25, 0.3) is 0 Å². The molecular formula is C23H23N3S. The van der Waals surface area contributed by atoms with E-state index in [1.54, 1.807) is 11.3 Å². The molecule has 0 spiro atoms. The van der Waals surface area contributed by atoms with Crippen LogP contribution in [0.1, 0.15) is 41.8 Å². The number of aryl methyl sites for hydroxylation is 2. The molecule has 136 valence electrons. The molecule has 3 heterocycles. The van der Waals surface area contributed by atoms with Crippen LogP contribution in [-0.4, -0.2) is 14.5 Å². The molecule has 0 radical (unpaired) electrons. The van der Waals surface area contributed by atoms with Crippen molar-refractivity contribution in [1.29, 1.82) is 0 Å². The molecule has 27 heavy (non-hydrogen) atoms. The highest BCUT2D eigenvalue weighted by Gasteiger charge is 2.14. The molecule has 4 heteroatoms. The van der Waals surface area contributed by atoms with Gasteiger partial charge in [-0.25, -0.2) is 9.97 Å². The van der Waals surface area contributed by atoms with Gasteiger partial charge in [0.15, 0.2) is 0 Å². The smallest absolute Gasteiger partial charge is 0.136 e. The van der Waals surface area contributed by atoms with E-state index in [4.69, 9.17) is 4.98 Å². The monoisotopic (exact) mass is 373 g/mol. The largest absolute Gasteiger partial charge is 0.303 e. The minimum atomic E-state index is 0.351. The second kappa shape index (κ2) is 7.49. The number of hydrogen-bond donors (Lipinski definition) is 0. The summed E-state index contributed by atoms with van der Waals surface area (Å²) in [6, 6.07) is 17.4. The van der Waals surface area contributed by atoms with E-state index in [9.17, 15) is 0 Å². The number of nitrogens with zero attached hydrogens (tertiary/aromatic N) is 3. The molecule has 1 unspecified atom stereocenters. The molecule has 0 aliphatic rings. The van der Waals surface area contributed by atoms with Gasteiger partial charge in [-0.15, -0.1) is 11.3 Å². The third-order valence-electron chi connectivity index (χ3n) is 5.07. The van der Waals surface area contributed by atoms with Crippen molar-refractivity contribution in [2.75, 3.05) is 0 Å². The molecule has 0 bridgehead atoms. The maximum Gasteiger partial charge on any atom is 0.136 e.